The Bertz CT molecular complexity index is 2110. The molecule has 0 aliphatic carbocycles. The summed E-state index contributed by atoms with van der Waals surface area (Å²) in [5.74, 6) is 0.876. The van der Waals surface area contributed by atoms with Crippen LogP contribution < -0.4 is 0 Å². The lowest BCUT2D eigenvalue weighted by Crippen LogP contribution is -1.97. The van der Waals surface area contributed by atoms with E-state index in [9.17, 15) is 0 Å². The first-order valence-electron chi connectivity index (χ1n) is 12.5. The lowest BCUT2D eigenvalue weighted by atomic mass is 10.0. The first kappa shape index (κ1) is 21.2. The van der Waals surface area contributed by atoms with Gasteiger partial charge < -0.3 is 0 Å². The highest BCUT2D eigenvalue weighted by atomic mass is 32.1. The molecule has 0 atom stereocenters. The van der Waals surface area contributed by atoms with E-state index in [2.05, 4.69) is 88.4 Å². The number of hydrogen-bond acceptors (Lipinski definition) is 4. The molecule has 0 bridgehead atoms. The molecule has 8 rings (SSSR count). The fourth-order valence-electron chi connectivity index (χ4n) is 5.45. The van der Waals surface area contributed by atoms with Crippen molar-refractivity contribution in [1.29, 1.82) is 0 Å². The molecule has 178 valence electrons. The van der Waals surface area contributed by atoms with Crippen LogP contribution in [0.2, 0.25) is 0 Å². The summed E-state index contributed by atoms with van der Waals surface area (Å²) in [7, 11) is 0. The summed E-state index contributed by atoms with van der Waals surface area (Å²) in [6, 6.07) is 34.2. The molecule has 0 spiro atoms. The van der Waals surface area contributed by atoms with Gasteiger partial charge >= 0.3 is 0 Å². The number of benzene rings is 3. The maximum atomic E-state index is 4.89. The van der Waals surface area contributed by atoms with E-state index < -0.39 is 0 Å². The first-order valence-corrected chi connectivity index (χ1v) is 13.3. The summed E-state index contributed by atoms with van der Waals surface area (Å²) in [6.45, 7) is 0. The second-order valence-electron chi connectivity index (χ2n) is 9.36. The lowest BCUT2D eigenvalue weighted by Gasteiger charge is -2.08. The zero-order valence-corrected chi connectivity index (χ0v) is 21.1. The molecule has 0 unspecified atom stereocenters. The van der Waals surface area contributed by atoms with Gasteiger partial charge in [0.1, 0.15) is 5.82 Å². The third-order valence-electron chi connectivity index (χ3n) is 7.21. The summed E-state index contributed by atoms with van der Waals surface area (Å²) in [5.41, 5.74) is 7.84. The van der Waals surface area contributed by atoms with Crippen LogP contribution in [-0.2, 0) is 0 Å². The van der Waals surface area contributed by atoms with Crippen molar-refractivity contribution in [3.05, 3.63) is 122 Å². The van der Waals surface area contributed by atoms with Gasteiger partial charge in [0, 0.05) is 55.9 Å². The van der Waals surface area contributed by atoms with Crippen LogP contribution in [-0.4, -0.2) is 19.5 Å². The second-order valence-corrected chi connectivity index (χ2v) is 10.4. The molecule has 3 aromatic carbocycles. The van der Waals surface area contributed by atoms with Crippen molar-refractivity contribution < 1.29 is 0 Å². The SMILES string of the molecule is c1ccc(-c2cccc3c2sc2cc4c(cc23)c2ncccc2n4-c2ccc(-c3ccncc3)cn2)cc1. The summed E-state index contributed by atoms with van der Waals surface area (Å²) in [5, 5.41) is 3.68. The van der Waals surface area contributed by atoms with Crippen molar-refractivity contribution in [3.8, 4) is 28.1 Å². The Hall–Kier alpha value is -4.87. The minimum atomic E-state index is 0.876. The highest BCUT2D eigenvalue weighted by molar-refractivity contribution is 7.26. The fraction of sp³-hybridized carbons (Fsp3) is 0. The van der Waals surface area contributed by atoms with Crippen LogP contribution in [0.15, 0.2) is 122 Å². The van der Waals surface area contributed by atoms with Gasteiger partial charge in [0.15, 0.2) is 0 Å². The van der Waals surface area contributed by atoms with Crippen molar-refractivity contribution >= 4 is 53.4 Å². The monoisotopic (exact) mass is 504 g/mol. The average molecular weight is 505 g/mol. The smallest absolute Gasteiger partial charge is 0.137 e. The standard InChI is InChI=1S/C33H20N4S/c1-2-6-22(7-3-1)24-8-4-9-25-26-18-27-29(19-30(26)38-33(24)25)37(28-10-5-15-35-32(27)28)31-12-11-23(20-36-31)21-13-16-34-17-14-21/h1-20H. The molecule has 0 aliphatic rings. The average Bonchev–Trinajstić information content (AvgIpc) is 3.52. The first-order chi connectivity index (χ1) is 18.8. The number of rotatable bonds is 3. The van der Waals surface area contributed by atoms with Gasteiger partial charge in [0.25, 0.3) is 0 Å². The van der Waals surface area contributed by atoms with Crippen LogP contribution in [0.5, 0.6) is 0 Å². The van der Waals surface area contributed by atoms with Gasteiger partial charge in [-0.3, -0.25) is 14.5 Å². The molecule has 0 saturated carbocycles. The van der Waals surface area contributed by atoms with E-state index in [0.29, 0.717) is 0 Å². The number of thiophene rings is 1. The molecule has 38 heavy (non-hydrogen) atoms. The van der Waals surface area contributed by atoms with Crippen molar-refractivity contribution in [2.24, 2.45) is 0 Å². The van der Waals surface area contributed by atoms with E-state index in [1.165, 1.54) is 31.3 Å². The molecule has 4 nitrogen and oxygen atoms in total. The molecular formula is C33H20N4S. The Balaban J connectivity index is 1.38. The van der Waals surface area contributed by atoms with Gasteiger partial charge in [-0.15, -0.1) is 11.3 Å². The molecular weight excluding hydrogens is 484 g/mol. The molecule has 8 aromatic rings. The summed E-state index contributed by atoms with van der Waals surface area (Å²) < 4.78 is 4.80. The predicted octanol–water partition coefficient (Wildman–Crippen LogP) is 8.67. The molecule has 0 N–H and O–H groups in total. The van der Waals surface area contributed by atoms with Crippen LogP contribution >= 0.6 is 11.3 Å². The van der Waals surface area contributed by atoms with Gasteiger partial charge in [-0.1, -0.05) is 48.5 Å². The van der Waals surface area contributed by atoms with Crippen LogP contribution in [0, 0.1) is 0 Å². The van der Waals surface area contributed by atoms with Crippen molar-refractivity contribution in [3.63, 3.8) is 0 Å². The Morgan fingerprint density at radius 2 is 1.47 bits per heavy atom. The van der Waals surface area contributed by atoms with Gasteiger partial charge in [0.05, 0.1) is 16.6 Å². The Morgan fingerprint density at radius 1 is 0.579 bits per heavy atom. The number of pyridine rings is 3. The molecule has 0 fully saturated rings. The number of nitrogens with zero attached hydrogens (tertiary/aromatic N) is 4. The number of hydrogen-bond donors (Lipinski definition) is 0. The van der Waals surface area contributed by atoms with E-state index >= 15 is 0 Å². The van der Waals surface area contributed by atoms with E-state index in [-0.39, 0.29) is 0 Å². The maximum absolute atomic E-state index is 4.89. The zero-order valence-electron chi connectivity index (χ0n) is 20.2. The minimum absolute atomic E-state index is 0.876. The van der Waals surface area contributed by atoms with Crippen molar-refractivity contribution in [2.45, 2.75) is 0 Å². The second kappa shape index (κ2) is 8.33. The largest absolute Gasteiger partial charge is 0.292 e. The van der Waals surface area contributed by atoms with Gasteiger partial charge in [-0.05, 0) is 65.2 Å². The van der Waals surface area contributed by atoms with Crippen LogP contribution in [0.1, 0.15) is 0 Å². The normalized spacial score (nSPS) is 11.7. The van der Waals surface area contributed by atoms with Crippen LogP contribution in [0.3, 0.4) is 0 Å². The van der Waals surface area contributed by atoms with Gasteiger partial charge in [-0.25, -0.2) is 4.98 Å². The summed E-state index contributed by atoms with van der Waals surface area (Å²) in [4.78, 5) is 13.8. The van der Waals surface area contributed by atoms with E-state index in [1.807, 2.05) is 41.9 Å². The van der Waals surface area contributed by atoms with E-state index in [1.54, 1.807) is 12.4 Å². The lowest BCUT2D eigenvalue weighted by molar-refractivity contribution is 1.08. The molecule has 5 heteroatoms. The maximum Gasteiger partial charge on any atom is 0.137 e. The molecule has 0 radical (unpaired) electrons. The molecule has 0 amide bonds. The van der Waals surface area contributed by atoms with E-state index in [0.717, 1.165) is 38.9 Å². The molecule has 0 saturated heterocycles. The highest BCUT2D eigenvalue weighted by Gasteiger charge is 2.18. The number of fused-ring (bicyclic) bond motifs is 6. The third-order valence-corrected chi connectivity index (χ3v) is 8.42. The zero-order chi connectivity index (χ0) is 25.1. The van der Waals surface area contributed by atoms with Crippen LogP contribution in [0.25, 0.3) is 70.2 Å². The van der Waals surface area contributed by atoms with Crippen LogP contribution in [0.4, 0.5) is 0 Å². The van der Waals surface area contributed by atoms with Crippen molar-refractivity contribution in [1.82, 2.24) is 19.5 Å². The molecule has 0 aliphatic heterocycles. The predicted molar refractivity (Wildman–Crippen MR) is 158 cm³/mol. The number of aromatic nitrogens is 4. The Kier molecular flexibility index (Phi) is 4.66. The highest BCUT2D eigenvalue weighted by Crippen LogP contribution is 2.43. The van der Waals surface area contributed by atoms with Gasteiger partial charge in [-0.2, -0.15) is 0 Å². The fourth-order valence-corrected chi connectivity index (χ4v) is 6.70. The molecule has 5 aromatic heterocycles. The summed E-state index contributed by atoms with van der Waals surface area (Å²) >= 11 is 1.85. The van der Waals surface area contributed by atoms with E-state index in [4.69, 9.17) is 9.97 Å². The summed E-state index contributed by atoms with van der Waals surface area (Å²) in [6.07, 6.45) is 7.42. The molecule has 5 heterocycles. The third kappa shape index (κ3) is 3.19. The topological polar surface area (TPSA) is 43.6 Å². The Labute approximate surface area is 222 Å². The quantitative estimate of drug-likeness (QED) is 0.242. The minimum Gasteiger partial charge on any atom is -0.292 e. The van der Waals surface area contributed by atoms with Gasteiger partial charge in [0.2, 0.25) is 0 Å². The van der Waals surface area contributed by atoms with Crippen molar-refractivity contribution in [2.75, 3.05) is 0 Å². The Morgan fingerprint density at radius 3 is 2.32 bits per heavy atom.